The maximum atomic E-state index is 9.00. The van der Waals surface area contributed by atoms with Crippen LogP contribution < -0.4 is 0 Å². The van der Waals surface area contributed by atoms with E-state index < -0.39 is 12.1 Å². The fraction of sp³-hybridized carbons (Fsp3) is 0.909. The number of aliphatic carboxylic acids is 1. The van der Waals surface area contributed by atoms with Crippen LogP contribution in [-0.4, -0.2) is 61.4 Å². The molecule has 0 heterocycles. The summed E-state index contributed by atoms with van der Waals surface area (Å²) in [5.74, 6) is -0.833. The number of hydrogen-bond acceptors (Lipinski definition) is 5. The van der Waals surface area contributed by atoms with Crippen LogP contribution in [0.4, 0.5) is 0 Å². The van der Waals surface area contributed by atoms with Gasteiger partial charge in [-0.15, -0.1) is 0 Å². The highest BCUT2D eigenvalue weighted by Gasteiger charge is 1.83. The average Bonchev–Trinajstić information content (AvgIpc) is 2.20. The van der Waals surface area contributed by atoms with Crippen LogP contribution in [0.1, 0.15) is 27.7 Å². The maximum Gasteiger partial charge on any atom is 0.300 e. The molecule has 0 aliphatic rings. The van der Waals surface area contributed by atoms with Gasteiger partial charge in [0, 0.05) is 34.4 Å². The summed E-state index contributed by atoms with van der Waals surface area (Å²) in [6, 6.07) is 0. The lowest BCUT2D eigenvalue weighted by atomic mass is 10.5. The molecule has 1 unspecified atom stereocenters. The van der Waals surface area contributed by atoms with Crippen LogP contribution in [0.15, 0.2) is 0 Å². The van der Waals surface area contributed by atoms with Crippen LogP contribution in [-0.2, 0) is 14.3 Å². The zero-order valence-corrected chi connectivity index (χ0v) is 11.8. The summed E-state index contributed by atoms with van der Waals surface area (Å²) in [5.41, 5.74) is 0. The molecule has 0 bridgehead atoms. The number of carboxylic acids is 1. The van der Waals surface area contributed by atoms with Crippen molar-refractivity contribution in [2.24, 2.45) is 0 Å². The van der Waals surface area contributed by atoms with Crippen molar-refractivity contribution in [3.05, 3.63) is 0 Å². The van der Waals surface area contributed by atoms with E-state index in [0.717, 1.165) is 20.1 Å². The van der Waals surface area contributed by atoms with E-state index in [0.29, 0.717) is 0 Å². The molecule has 0 aliphatic heterocycles. The van der Waals surface area contributed by atoms with Crippen LogP contribution in [0.5, 0.6) is 0 Å². The van der Waals surface area contributed by atoms with Gasteiger partial charge < -0.3 is 24.8 Å². The predicted octanol–water partition coefficient (Wildman–Crippen LogP) is 0.756. The molecule has 3 N–H and O–H groups in total. The molecule has 6 heteroatoms. The van der Waals surface area contributed by atoms with Gasteiger partial charge in [-0.05, 0) is 20.8 Å². The van der Waals surface area contributed by atoms with Crippen molar-refractivity contribution in [3.63, 3.8) is 0 Å². The van der Waals surface area contributed by atoms with E-state index in [2.05, 4.69) is 4.74 Å². The Balaban J connectivity index is -0.0000000676. The van der Waals surface area contributed by atoms with Gasteiger partial charge in [-0.25, -0.2) is 0 Å². The number of aliphatic hydroxyl groups excluding tert-OH is 2. The first kappa shape index (κ1) is 25.2. The second-order valence-corrected chi connectivity index (χ2v) is 2.74. The summed E-state index contributed by atoms with van der Waals surface area (Å²) in [6.45, 7) is 8.14. The van der Waals surface area contributed by atoms with E-state index in [-0.39, 0.29) is 6.61 Å². The Morgan fingerprint density at radius 1 is 1.24 bits per heavy atom. The Bertz CT molecular complexity index is 111. The second kappa shape index (κ2) is 29.5. The van der Waals surface area contributed by atoms with Gasteiger partial charge in [0.05, 0.1) is 12.7 Å². The summed E-state index contributed by atoms with van der Waals surface area (Å²) in [4.78, 5) is 9.00. The van der Waals surface area contributed by atoms with Crippen molar-refractivity contribution in [2.75, 3.05) is 34.0 Å². The molecule has 0 aromatic heterocycles. The Hall–Kier alpha value is -0.690. The Morgan fingerprint density at radius 3 is 1.41 bits per heavy atom. The van der Waals surface area contributed by atoms with Crippen molar-refractivity contribution in [1.29, 1.82) is 0 Å². The van der Waals surface area contributed by atoms with E-state index in [1.165, 1.54) is 6.92 Å². The van der Waals surface area contributed by atoms with Gasteiger partial charge >= 0.3 is 0 Å². The van der Waals surface area contributed by atoms with Crippen LogP contribution in [0, 0.1) is 0 Å². The van der Waals surface area contributed by atoms with Gasteiger partial charge in [0.2, 0.25) is 0 Å². The Labute approximate surface area is 104 Å². The van der Waals surface area contributed by atoms with E-state index >= 15 is 0 Å². The van der Waals surface area contributed by atoms with Crippen molar-refractivity contribution in [2.45, 2.75) is 33.8 Å². The van der Waals surface area contributed by atoms with Crippen molar-refractivity contribution in [3.8, 4) is 0 Å². The average molecular weight is 256 g/mol. The SMILES string of the molecule is CC(=O)O.CC(O)CO.CCOCC.COC. The van der Waals surface area contributed by atoms with Gasteiger partial charge in [-0.1, -0.05) is 0 Å². The molecule has 0 aromatic carbocycles. The van der Waals surface area contributed by atoms with Crippen molar-refractivity contribution >= 4 is 5.97 Å². The minimum Gasteiger partial charge on any atom is -0.481 e. The molecule has 0 aromatic rings. The monoisotopic (exact) mass is 256 g/mol. The number of rotatable bonds is 3. The first-order valence-electron chi connectivity index (χ1n) is 5.30. The quantitative estimate of drug-likeness (QED) is 0.689. The van der Waals surface area contributed by atoms with E-state index in [1.54, 1.807) is 14.2 Å². The van der Waals surface area contributed by atoms with Crippen molar-refractivity contribution < 1.29 is 29.6 Å². The molecule has 0 spiro atoms. The summed E-state index contributed by atoms with van der Waals surface area (Å²) in [6.07, 6.45) is -0.560. The highest BCUT2D eigenvalue weighted by atomic mass is 16.5. The normalized spacial score (nSPS) is 9.41. The highest BCUT2D eigenvalue weighted by molar-refractivity contribution is 5.62. The molecule has 0 aliphatic carbocycles. The largest absolute Gasteiger partial charge is 0.481 e. The number of carbonyl (C=O) groups is 1. The Kier molecular flexibility index (Phi) is 43.8. The fourth-order valence-electron chi connectivity index (χ4n) is 0.204. The molecule has 0 saturated heterocycles. The lowest BCUT2D eigenvalue weighted by Crippen LogP contribution is -2.03. The van der Waals surface area contributed by atoms with Crippen molar-refractivity contribution in [1.82, 2.24) is 0 Å². The van der Waals surface area contributed by atoms with Crippen LogP contribution >= 0.6 is 0 Å². The lowest BCUT2D eigenvalue weighted by molar-refractivity contribution is -0.134. The van der Waals surface area contributed by atoms with Gasteiger partial charge in [0.15, 0.2) is 0 Å². The topological polar surface area (TPSA) is 96.2 Å². The van der Waals surface area contributed by atoms with Gasteiger partial charge in [-0.2, -0.15) is 0 Å². The van der Waals surface area contributed by atoms with Crippen LogP contribution in [0.25, 0.3) is 0 Å². The van der Waals surface area contributed by atoms with E-state index in [1.807, 2.05) is 13.8 Å². The lowest BCUT2D eigenvalue weighted by Gasteiger charge is -1.90. The molecule has 0 radical (unpaired) electrons. The van der Waals surface area contributed by atoms with Gasteiger partial charge in [-0.3, -0.25) is 4.79 Å². The Morgan fingerprint density at radius 2 is 1.41 bits per heavy atom. The molecule has 0 amide bonds. The molecule has 17 heavy (non-hydrogen) atoms. The van der Waals surface area contributed by atoms with Gasteiger partial charge in [0.25, 0.3) is 5.97 Å². The third-order valence-corrected chi connectivity index (χ3v) is 0.672. The molecule has 0 fully saturated rings. The fourth-order valence-corrected chi connectivity index (χ4v) is 0.204. The first-order chi connectivity index (χ1) is 7.83. The molecular weight excluding hydrogens is 228 g/mol. The molecule has 6 nitrogen and oxygen atoms in total. The predicted molar refractivity (Wildman–Crippen MR) is 67.2 cm³/mol. The summed E-state index contributed by atoms with van der Waals surface area (Å²) >= 11 is 0. The van der Waals surface area contributed by atoms with Crippen LogP contribution in [0.3, 0.4) is 0 Å². The zero-order valence-electron chi connectivity index (χ0n) is 11.8. The summed E-state index contributed by atoms with van der Waals surface area (Å²) in [7, 11) is 3.25. The standard InChI is InChI=1S/C4H10O.C3H8O2.C2H4O2.C2H6O/c1-3-5-4-2;1-3(5)2-4;1-2(3)4;1-3-2/h3-4H2,1-2H3;3-5H,2H2,1H3;1H3,(H,3,4);1-2H3. The number of ether oxygens (including phenoxy) is 2. The highest BCUT2D eigenvalue weighted by Crippen LogP contribution is 1.68. The number of methoxy groups -OCH3 is 1. The summed E-state index contributed by atoms with van der Waals surface area (Å²) in [5, 5.41) is 23.4. The van der Waals surface area contributed by atoms with E-state index in [4.69, 9.17) is 24.9 Å². The van der Waals surface area contributed by atoms with Gasteiger partial charge in [0.1, 0.15) is 0 Å². The minimum atomic E-state index is -0.833. The molecule has 0 rings (SSSR count). The number of aliphatic hydroxyl groups is 2. The molecule has 108 valence electrons. The number of hydrogen-bond donors (Lipinski definition) is 3. The third-order valence-electron chi connectivity index (χ3n) is 0.672. The third kappa shape index (κ3) is 248. The maximum absolute atomic E-state index is 9.00. The first-order valence-corrected chi connectivity index (χ1v) is 5.30. The molecule has 0 saturated carbocycles. The summed E-state index contributed by atoms with van der Waals surface area (Å²) < 4.78 is 9.08. The molecule has 1 atom stereocenters. The molecular formula is C11H28O6. The second-order valence-electron chi connectivity index (χ2n) is 2.74. The number of carboxylic acid groups (broad SMARTS) is 1. The van der Waals surface area contributed by atoms with E-state index in [9.17, 15) is 0 Å². The smallest absolute Gasteiger partial charge is 0.300 e. The van der Waals surface area contributed by atoms with Crippen LogP contribution in [0.2, 0.25) is 0 Å². The minimum absolute atomic E-state index is 0.139. The zero-order chi connectivity index (χ0) is 14.7.